The average Bonchev–Trinajstić information content (AvgIpc) is 2.20. The first-order chi connectivity index (χ1) is 7.48. The summed E-state index contributed by atoms with van der Waals surface area (Å²) in [4.78, 5) is 10.9. The van der Waals surface area contributed by atoms with E-state index >= 15 is 0 Å². The van der Waals surface area contributed by atoms with Crippen LogP contribution in [0.15, 0.2) is 6.20 Å². The lowest BCUT2D eigenvalue weighted by molar-refractivity contribution is 0.0447. The molecule has 2 rings (SSSR count). The van der Waals surface area contributed by atoms with Crippen molar-refractivity contribution in [1.82, 2.24) is 9.97 Å². The van der Waals surface area contributed by atoms with Crippen molar-refractivity contribution in [3.8, 4) is 0 Å². The van der Waals surface area contributed by atoms with Gasteiger partial charge in [0.15, 0.2) is 0 Å². The van der Waals surface area contributed by atoms with Crippen LogP contribution in [0, 0.1) is 13.8 Å². The van der Waals surface area contributed by atoms with E-state index < -0.39 is 5.60 Å². The Morgan fingerprint density at radius 1 is 1.38 bits per heavy atom. The monoisotopic (exact) mass is 221 g/mol. The molecule has 16 heavy (non-hydrogen) atoms. The summed E-state index contributed by atoms with van der Waals surface area (Å²) in [6.07, 6.45) is 3.66. The first-order valence-corrected chi connectivity index (χ1v) is 5.75. The van der Waals surface area contributed by atoms with E-state index in [1.165, 1.54) is 0 Å². The smallest absolute Gasteiger partial charge is 0.147 e. The summed E-state index contributed by atoms with van der Waals surface area (Å²) in [6.45, 7) is 7.40. The van der Waals surface area contributed by atoms with Crippen molar-refractivity contribution >= 4 is 5.82 Å². The van der Waals surface area contributed by atoms with Gasteiger partial charge in [-0.2, -0.15) is 0 Å². The lowest BCUT2D eigenvalue weighted by Gasteiger charge is -2.37. The van der Waals surface area contributed by atoms with Gasteiger partial charge in [0.05, 0.1) is 23.2 Å². The van der Waals surface area contributed by atoms with E-state index in [9.17, 15) is 5.11 Å². The fraction of sp³-hybridized carbons (Fsp3) is 0.667. The molecular weight excluding hydrogens is 202 g/mol. The normalized spacial score (nSPS) is 25.9. The molecule has 1 aliphatic rings. The van der Waals surface area contributed by atoms with E-state index in [-0.39, 0.29) is 0 Å². The molecule has 0 aromatic carbocycles. The van der Waals surface area contributed by atoms with Crippen LogP contribution in [0.2, 0.25) is 0 Å². The highest BCUT2D eigenvalue weighted by atomic mass is 16.3. The second-order valence-corrected chi connectivity index (χ2v) is 4.92. The Labute approximate surface area is 96.3 Å². The van der Waals surface area contributed by atoms with Crippen LogP contribution in [0.25, 0.3) is 0 Å². The van der Waals surface area contributed by atoms with Crippen LogP contribution in [0.1, 0.15) is 31.2 Å². The molecule has 1 saturated heterocycles. The molecule has 0 spiro atoms. The minimum absolute atomic E-state index is 0.598. The molecule has 1 fully saturated rings. The quantitative estimate of drug-likeness (QED) is 0.779. The molecule has 4 heteroatoms. The van der Waals surface area contributed by atoms with Crippen LogP contribution in [0.3, 0.4) is 0 Å². The van der Waals surface area contributed by atoms with Crippen molar-refractivity contribution in [3.05, 3.63) is 17.6 Å². The standard InChI is InChI=1S/C12H19N3O/c1-9-10(2)14-11(7-13-9)15-6-4-5-12(3,16)8-15/h7,16H,4-6,8H2,1-3H3. The molecule has 1 unspecified atom stereocenters. The van der Waals surface area contributed by atoms with Crippen LogP contribution in [-0.2, 0) is 0 Å². The molecule has 0 amide bonds. The molecule has 0 radical (unpaired) electrons. The maximum absolute atomic E-state index is 10.0. The van der Waals surface area contributed by atoms with Gasteiger partial charge in [0.25, 0.3) is 0 Å². The number of hydrogen-bond acceptors (Lipinski definition) is 4. The first kappa shape index (κ1) is 11.3. The molecule has 1 aromatic rings. The Kier molecular flexibility index (Phi) is 2.84. The highest BCUT2D eigenvalue weighted by Crippen LogP contribution is 2.24. The van der Waals surface area contributed by atoms with Gasteiger partial charge in [-0.3, -0.25) is 4.98 Å². The molecule has 0 bridgehead atoms. The summed E-state index contributed by atoms with van der Waals surface area (Å²) < 4.78 is 0. The van der Waals surface area contributed by atoms with Crippen LogP contribution >= 0.6 is 0 Å². The molecule has 1 aliphatic heterocycles. The van der Waals surface area contributed by atoms with Crippen LogP contribution in [0.4, 0.5) is 5.82 Å². The summed E-state index contributed by atoms with van der Waals surface area (Å²) in [5.74, 6) is 0.878. The Hall–Kier alpha value is -1.16. The minimum atomic E-state index is -0.598. The van der Waals surface area contributed by atoms with E-state index in [4.69, 9.17) is 0 Å². The summed E-state index contributed by atoms with van der Waals surface area (Å²) in [7, 11) is 0. The van der Waals surface area contributed by atoms with E-state index in [1.54, 1.807) is 6.20 Å². The second kappa shape index (κ2) is 4.01. The Morgan fingerprint density at radius 2 is 2.12 bits per heavy atom. The summed E-state index contributed by atoms with van der Waals surface area (Å²) in [5.41, 5.74) is 1.33. The fourth-order valence-corrected chi connectivity index (χ4v) is 2.10. The Morgan fingerprint density at radius 3 is 2.75 bits per heavy atom. The molecule has 0 aliphatic carbocycles. The molecule has 0 saturated carbocycles. The number of β-amino-alcohol motifs (C(OH)–C–C–N with tert-alkyl or cyclic N) is 1. The maximum atomic E-state index is 10.0. The van der Waals surface area contributed by atoms with Crippen molar-refractivity contribution in [2.75, 3.05) is 18.0 Å². The maximum Gasteiger partial charge on any atom is 0.147 e. The van der Waals surface area contributed by atoms with Gasteiger partial charge in [0.1, 0.15) is 5.82 Å². The van der Waals surface area contributed by atoms with Gasteiger partial charge in [-0.25, -0.2) is 4.98 Å². The van der Waals surface area contributed by atoms with E-state index in [1.807, 2.05) is 20.8 Å². The van der Waals surface area contributed by atoms with Crippen LogP contribution in [-0.4, -0.2) is 33.8 Å². The van der Waals surface area contributed by atoms with Gasteiger partial charge in [0.2, 0.25) is 0 Å². The van der Waals surface area contributed by atoms with Gasteiger partial charge in [-0.1, -0.05) is 0 Å². The number of nitrogens with zero attached hydrogens (tertiary/aromatic N) is 3. The van der Waals surface area contributed by atoms with Crippen molar-refractivity contribution in [1.29, 1.82) is 0 Å². The minimum Gasteiger partial charge on any atom is -0.388 e. The van der Waals surface area contributed by atoms with E-state index in [0.29, 0.717) is 6.54 Å². The average molecular weight is 221 g/mol. The molecular formula is C12H19N3O. The second-order valence-electron chi connectivity index (χ2n) is 4.92. The van der Waals surface area contributed by atoms with Crippen molar-refractivity contribution in [2.45, 2.75) is 39.2 Å². The predicted molar refractivity (Wildman–Crippen MR) is 63.6 cm³/mol. The molecule has 1 atom stereocenters. The highest BCUT2D eigenvalue weighted by Gasteiger charge is 2.29. The zero-order chi connectivity index (χ0) is 11.8. The number of rotatable bonds is 1. The topological polar surface area (TPSA) is 49.2 Å². The molecule has 88 valence electrons. The van der Waals surface area contributed by atoms with Gasteiger partial charge in [-0.05, 0) is 33.6 Å². The third kappa shape index (κ3) is 2.32. The lowest BCUT2D eigenvalue weighted by atomic mass is 9.95. The van der Waals surface area contributed by atoms with Gasteiger partial charge in [0, 0.05) is 13.1 Å². The molecule has 1 aromatic heterocycles. The van der Waals surface area contributed by atoms with E-state index in [0.717, 1.165) is 36.6 Å². The SMILES string of the molecule is Cc1ncc(N2CCCC(C)(O)C2)nc1C. The molecule has 1 N–H and O–H groups in total. The third-order valence-corrected chi connectivity index (χ3v) is 3.18. The molecule has 4 nitrogen and oxygen atoms in total. The van der Waals surface area contributed by atoms with Gasteiger partial charge in [-0.15, -0.1) is 0 Å². The largest absolute Gasteiger partial charge is 0.388 e. The number of piperidine rings is 1. The summed E-state index contributed by atoms with van der Waals surface area (Å²) in [6, 6.07) is 0. The number of aliphatic hydroxyl groups is 1. The molecule has 2 heterocycles. The zero-order valence-electron chi connectivity index (χ0n) is 10.2. The number of aromatic nitrogens is 2. The van der Waals surface area contributed by atoms with E-state index in [2.05, 4.69) is 14.9 Å². The lowest BCUT2D eigenvalue weighted by Crippen LogP contribution is -2.46. The number of aryl methyl sites for hydroxylation is 2. The highest BCUT2D eigenvalue weighted by molar-refractivity contribution is 5.38. The third-order valence-electron chi connectivity index (χ3n) is 3.18. The van der Waals surface area contributed by atoms with Crippen LogP contribution in [0.5, 0.6) is 0 Å². The van der Waals surface area contributed by atoms with Crippen LogP contribution < -0.4 is 4.90 Å². The van der Waals surface area contributed by atoms with Gasteiger partial charge >= 0.3 is 0 Å². The first-order valence-electron chi connectivity index (χ1n) is 5.75. The Balaban J connectivity index is 2.20. The zero-order valence-corrected chi connectivity index (χ0v) is 10.2. The Bertz CT molecular complexity index is 390. The van der Waals surface area contributed by atoms with Crippen molar-refractivity contribution in [2.24, 2.45) is 0 Å². The fourth-order valence-electron chi connectivity index (χ4n) is 2.10. The summed E-state index contributed by atoms with van der Waals surface area (Å²) in [5, 5.41) is 10.0. The van der Waals surface area contributed by atoms with Crippen molar-refractivity contribution < 1.29 is 5.11 Å². The summed E-state index contributed by atoms with van der Waals surface area (Å²) >= 11 is 0. The number of anilines is 1. The predicted octanol–water partition coefficient (Wildman–Crippen LogP) is 1.44. The number of hydrogen-bond donors (Lipinski definition) is 1. The van der Waals surface area contributed by atoms with Gasteiger partial charge < -0.3 is 10.0 Å². The van der Waals surface area contributed by atoms with Crippen molar-refractivity contribution in [3.63, 3.8) is 0 Å².